The van der Waals surface area contributed by atoms with Gasteiger partial charge in [-0.3, -0.25) is 14.6 Å². The Kier molecular flexibility index (Phi) is 7.31. The lowest BCUT2D eigenvalue weighted by molar-refractivity contribution is -0.141. The molecule has 3 rings (SSSR count). The number of hydrogen-bond acceptors (Lipinski definition) is 5. The molecule has 0 aliphatic rings. The normalized spacial score (nSPS) is 12.3. The maximum absolute atomic E-state index is 12.8. The first kappa shape index (κ1) is 22.4. The van der Waals surface area contributed by atoms with E-state index in [9.17, 15) is 23.1 Å². The third kappa shape index (κ3) is 6.08. The standard InChI is InChI=1S/C24H23NO5S/c26-23(22-11-4-5-16-25-22)19-12-14-21(15-13-19)31(29,30)17-20(24(27)28)10-6-9-18-7-2-1-3-8-18/h1-5,7-8,11-16,20H,6,9-10,17H2,(H,27,28). The first-order valence-corrected chi connectivity index (χ1v) is 11.6. The van der Waals surface area contributed by atoms with E-state index in [4.69, 9.17) is 0 Å². The van der Waals surface area contributed by atoms with Crippen molar-refractivity contribution in [2.75, 3.05) is 5.75 Å². The van der Waals surface area contributed by atoms with E-state index in [2.05, 4.69) is 4.98 Å². The number of carboxylic acid groups (broad SMARTS) is 1. The minimum atomic E-state index is -3.81. The second kappa shape index (κ2) is 10.1. The SMILES string of the molecule is O=C(c1ccc(S(=O)(=O)CC(CCCc2ccccc2)C(=O)O)cc1)c1ccccn1. The molecule has 0 saturated carbocycles. The lowest BCUT2D eigenvalue weighted by Gasteiger charge is -2.13. The summed E-state index contributed by atoms with van der Waals surface area (Å²) in [6, 6.07) is 20.2. The van der Waals surface area contributed by atoms with Crippen LogP contribution in [0.5, 0.6) is 0 Å². The summed E-state index contributed by atoms with van der Waals surface area (Å²) in [6.45, 7) is 0. The van der Waals surface area contributed by atoms with E-state index in [1.807, 2.05) is 30.3 Å². The predicted octanol–water partition coefficient (Wildman–Crippen LogP) is 3.81. The molecule has 0 radical (unpaired) electrons. The Morgan fingerprint density at radius 3 is 2.19 bits per heavy atom. The van der Waals surface area contributed by atoms with Crippen molar-refractivity contribution in [2.24, 2.45) is 5.92 Å². The monoisotopic (exact) mass is 437 g/mol. The summed E-state index contributed by atoms with van der Waals surface area (Å²) in [5.41, 5.74) is 1.67. The Morgan fingerprint density at radius 2 is 1.58 bits per heavy atom. The molecule has 0 spiro atoms. The van der Waals surface area contributed by atoms with Crippen molar-refractivity contribution in [3.8, 4) is 0 Å². The van der Waals surface area contributed by atoms with E-state index in [0.717, 1.165) is 5.56 Å². The fourth-order valence-electron chi connectivity index (χ4n) is 3.30. The highest BCUT2D eigenvalue weighted by atomic mass is 32.2. The van der Waals surface area contributed by atoms with Crippen LogP contribution in [0.3, 0.4) is 0 Å². The van der Waals surface area contributed by atoms with Gasteiger partial charge in [-0.1, -0.05) is 36.4 Å². The van der Waals surface area contributed by atoms with Crippen molar-refractivity contribution < 1.29 is 23.1 Å². The van der Waals surface area contributed by atoms with Crippen LogP contribution in [0.15, 0.2) is 83.9 Å². The number of aliphatic carboxylic acids is 1. The highest BCUT2D eigenvalue weighted by molar-refractivity contribution is 7.91. The zero-order valence-corrected chi connectivity index (χ0v) is 17.7. The number of hydrogen-bond donors (Lipinski definition) is 1. The zero-order valence-electron chi connectivity index (χ0n) is 16.8. The van der Waals surface area contributed by atoms with E-state index < -0.39 is 27.5 Å². The summed E-state index contributed by atoms with van der Waals surface area (Å²) in [6.07, 6.45) is 3.04. The number of rotatable bonds is 10. The first-order chi connectivity index (χ1) is 14.9. The Labute approximate surface area is 181 Å². The van der Waals surface area contributed by atoms with Crippen LogP contribution in [0, 0.1) is 5.92 Å². The van der Waals surface area contributed by atoms with Crippen molar-refractivity contribution in [1.29, 1.82) is 0 Å². The summed E-state index contributed by atoms with van der Waals surface area (Å²) in [5.74, 6) is -2.92. The summed E-state index contributed by atoms with van der Waals surface area (Å²) in [7, 11) is -3.81. The summed E-state index contributed by atoms with van der Waals surface area (Å²) >= 11 is 0. The highest BCUT2D eigenvalue weighted by Gasteiger charge is 2.26. The van der Waals surface area contributed by atoms with Gasteiger partial charge in [-0.15, -0.1) is 0 Å². The molecule has 6 nitrogen and oxygen atoms in total. The van der Waals surface area contributed by atoms with Crippen LogP contribution in [0.4, 0.5) is 0 Å². The van der Waals surface area contributed by atoms with Gasteiger partial charge >= 0.3 is 5.97 Å². The van der Waals surface area contributed by atoms with Crippen LogP contribution >= 0.6 is 0 Å². The molecule has 7 heteroatoms. The number of benzene rings is 2. The van der Waals surface area contributed by atoms with E-state index in [0.29, 0.717) is 18.4 Å². The number of nitrogens with zero attached hydrogens (tertiary/aromatic N) is 1. The Morgan fingerprint density at radius 1 is 0.903 bits per heavy atom. The lowest BCUT2D eigenvalue weighted by atomic mass is 10.0. The molecular formula is C24H23NO5S. The number of sulfone groups is 1. The third-order valence-corrected chi connectivity index (χ3v) is 6.84. The fraction of sp³-hybridized carbons (Fsp3) is 0.208. The number of ketones is 1. The Hall–Kier alpha value is -3.32. The summed E-state index contributed by atoms with van der Waals surface area (Å²) in [5, 5.41) is 9.51. The van der Waals surface area contributed by atoms with Crippen LogP contribution in [0.2, 0.25) is 0 Å². The molecule has 1 unspecified atom stereocenters. The van der Waals surface area contributed by atoms with Crippen molar-refractivity contribution >= 4 is 21.6 Å². The van der Waals surface area contributed by atoms with Crippen molar-refractivity contribution in [3.63, 3.8) is 0 Å². The molecule has 0 fully saturated rings. The van der Waals surface area contributed by atoms with Crippen molar-refractivity contribution in [1.82, 2.24) is 4.98 Å². The Bertz CT molecular complexity index is 1130. The number of aromatic nitrogens is 1. The van der Waals surface area contributed by atoms with Crippen LogP contribution < -0.4 is 0 Å². The van der Waals surface area contributed by atoms with E-state index in [1.165, 1.54) is 30.5 Å². The average molecular weight is 438 g/mol. The number of carbonyl (C=O) groups is 2. The van der Waals surface area contributed by atoms with Gasteiger partial charge in [0.1, 0.15) is 5.69 Å². The second-order valence-electron chi connectivity index (χ2n) is 7.26. The van der Waals surface area contributed by atoms with Crippen LogP contribution in [0.25, 0.3) is 0 Å². The maximum atomic E-state index is 12.8. The quantitative estimate of drug-likeness (QED) is 0.484. The van der Waals surface area contributed by atoms with Crippen molar-refractivity contribution in [3.05, 3.63) is 95.8 Å². The highest BCUT2D eigenvalue weighted by Crippen LogP contribution is 2.20. The van der Waals surface area contributed by atoms with Gasteiger partial charge in [0.2, 0.25) is 5.78 Å². The molecule has 1 atom stereocenters. The number of carboxylic acids is 1. The molecule has 0 bridgehead atoms. The first-order valence-electron chi connectivity index (χ1n) is 9.92. The van der Waals surface area contributed by atoms with Gasteiger partial charge < -0.3 is 5.11 Å². The minimum absolute atomic E-state index is 0.000574. The van der Waals surface area contributed by atoms with Gasteiger partial charge in [0.15, 0.2) is 9.84 Å². The molecule has 2 aromatic carbocycles. The molecule has 31 heavy (non-hydrogen) atoms. The average Bonchev–Trinajstić information content (AvgIpc) is 2.79. The van der Waals surface area contributed by atoms with Crippen molar-refractivity contribution in [2.45, 2.75) is 24.2 Å². The van der Waals surface area contributed by atoms with Gasteiger partial charge in [-0.05, 0) is 61.2 Å². The predicted molar refractivity (Wildman–Crippen MR) is 117 cm³/mol. The van der Waals surface area contributed by atoms with Gasteiger partial charge in [0.05, 0.1) is 16.6 Å². The summed E-state index contributed by atoms with van der Waals surface area (Å²) < 4.78 is 25.5. The van der Waals surface area contributed by atoms with Crippen LogP contribution in [-0.4, -0.2) is 36.0 Å². The van der Waals surface area contributed by atoms with Crippen LogP contribution in [0.1, 0.15) is 34.5 Å². The topological polar surface area (TPSA) is 101 Å². The number of aryl methyl sites for hydroxylation is 1. The molecule has 0 aliphatic heterocycles. The van der Waals surface area contributed by atoms with Gasteiger partial charge in [0.25, 0.3) is 0 Å². The van der Waals surface area contributed by atoms with Gasteiger partial charge in [-0.25, -0.2) is 8.42 Å². The van der Waals surface area contributed by atoms with E-state index in [1.54, 1.807) is 18.2 Å². The van der Waals surface area contributed by atoms with Gasteiger partial charge in [-0.2, -0.15) is 0 Å². The fourth-order valence-corrected chi connectivity index (χ4v) is 4.88. The smallest absolute Gasteiger partial charge is 0.307 e. The molecule has 1 heterocycles. The molecule has 0 saturated heterocycles. The Balaban J connectivity index is 1.66. The molecule has 0 aliphatic carbocycles. The molecule has 0 amide bonds. The zero-order chi connectivity index (χ0) is 22.3. The third-order valence-electron chi connectivity index (χ3n) is 5.00. The lowest BCUT2D eigenvalue weighted by Crippen LogP contribution is -2.24. The van der Waals surface area contributed by atoms with E-state index >= 15 is 0 Å². The maximum Gasteiger partial charge on any atom is 0.307 e. The second-order valence-corrected chi connectivity index (χ2v) is 9.30. The van der Waals surface area contributed by atoms with E-state index in [-0.39, 0.29) is 22.8 Å². The van der Waals surface area contributed by atoms with Gasteiger partial charge in [0, 0.05) is 11.8 Å². The molecule has 1 aromatic heterocycles. The number of carbonyl (C=O) groups excluding carboxylic acids is 1. The van der Waals surface area contributed by atoms with Crippen LogP contribution in [-0.2, 0) is 21.1 Å². The molecular weight excluding hydrogens is 414 g/mol. The summed E-state index contributed by atoms with van der Waals surface area (Å²) in [4.78, 5) is 28.1. The molecule has 1 N–H and O–H groups in total. The molecule has 160 valence electrons. The number of pyridine rings is 1. The molecule has 3 aromatic rings. The minimum Gasteiger partial charge on any atom is -0.481 e. The largest absolute Gasteiger partial charge is 0.481 e.